The molecule has 0 aliphatic rings. The number of hydrogen-bond donors (Lipinski definition) is 0. The fraction of sp³-hybridized carbons (Fsp3) is 0.273. The number of rotatable bonds is 2. The second-order valence-electron chi connectivity index (χ2n) is 3.40. The van der Waals surface area contributed by atoms with Crippen LogP contribution >= 0.6 is 22.9 Å². The van der Waals surface area contributed by atoms with Crippen molar-refractivity contribution in [2.45, 2.75) is 19.7 Å². The summed E-state index contributed by atoms with van der Waals surface area (Å²) in [4.78, 5) is 9.78. The summed E-state index contributed by atoms with van der Waals surface area (Å²) in [6, 6.07) is 4.09. The third-order valence-electron chi connectivity index (χ3n) is 2.01. The Balaban J connectivity index is 2.44. The normalized spacial score (nSPS) is 10.6. The fourth-order valence-corrected chi connectivity index (χ4v) is 2.44. The van der Waals surface area contributed by atoms with Crippen LogP contribution in [0.4, 0.5) is 0 Å². The number of pyridine rings is 1. The first-order chi connectivity index (χ1) is 7.19. The highest BCUT2D eigenvalue weighted by Crippen LogP contribution is 2.26. The van der Waals surface area contributed by atoms with E-state index in [1.165, 1.54) is 0 Å². The number of thiazole rings is 1. The van der Waals surface area contributed by atoms with Crippen molar-refractivity contribution in [1.29, 1.82) is 0 Å². The first-order valence-corrected chi connectivity index (χ1v) is 6.00. The minimum atomic E-state index is 0.528. The Hall–Kier alpha value is -0.930. The summed E-state index contributed by atoms with van der Waals surface area (Å²) in [6.45, 7) is 3.99. The van der Waals surface area contributed by atoms with Crippen LogP contribution in [-0.4, -0.2) is 9.97 Å². The molecule has 0 aliphatic carbocycles. The van der Waals surface area contributed by atoms with Gasteiger partial charge in [-0.2, -0.15) is 0 Å². The molecule has 4 heteroatoms. The lowest BCUT2D eigenvalue weighted by Crippen LogP contribution is -1.87. The average Bonchev–Trinajstić information content (AvgIpc) is 2.64. The van der Waals surface area contributed by atoms with Gasteiger partial charge in [-0.25, -0.2) is 4.98 Å². The molecule has 0 aromatic carbocycles. The maximum absolute atomic E-state index is 5.75. The summed E-state index contributed by atoms with van der Waals surface area (Å²) >= 11 is 7.38. The van der Waals surface area contributed by atoms with E-state index in [1.807, 2.05) is 32.2 Å². The molecule has 0 unspecified atom stereocenters. The Morgan fingerprint density at radius 1 is 1.27 bits per heavy atom. The van der Waals surface area contributed by atoms with Gasteiger partial charge < -0.3 is 0 Å². The van der Waals surface area contributed by atoms with E-state index in [9.17, 15) is 0 Å². The molecular formula is C11H11ClN2S. The molecule has 2 aromatic rings. The lowest BCUT2D eigenvalue weighted by molar-refractivity contribution is 1.12. The summed E-state index contributed by atoms with van der Waals surface area (Å²) in [6.07, 6.45) is 1.83. The number of aryl methyl sites for hydroxylation is 2. The van der Waals surface area contributed by atoms with Crippen molar-refractivity contribution in [3.63, 3.8) is 0 Å². The van der Waals surface area contributed by atoms with E-state index in [1.54, 1.807) is 11.3 Å². The number of alkyl halides is 1. The number of aromatic nitrogens is 2. The van der Waals surface area contributed by atoms with Crippen LogP contribution < -0.4 is 0 Å². The van der Waals surface area contributed by atoms with Crippen molar-refractivity contribution in [3.05, 3.63) is 34.6 Å². The van der Waals surface area contributed by atoms with E-state index in [-0.39, 0.29) is 0 Å². The van der Waals surface area contributed by atoms with Gasteiger partial charge in [0.25, 0.3) is 0 Å². The van der Waals surface area contributed by atoms with Gasteiger partial charge in [0.1, 0.15) is 5.01 Å². The van der Waals surface area contributed by atoms with Gasteiger partial charge in [0.05, 0.1) is 5.88 Å². The molecule has 0 saturated heterocycles. The first kappa shape index (κ1) is 10.6. The van der Waals surface area contributed by atoms with Crippen LogP contribution in [0.1, 0.15) is 16.3 Å². The molecule has 0 spiro atoms. The van der Waals surface area contributed by atoms with E-state index in [0.29, 0.717) is 5.88 Å². The maximum Gasteiger partial charge on any atom is 0.123 e. The molecule has 2 nitrogen and oxygen atoms in total. The summed E-state index contributed by atoms with van der Waals surface area (Å²) in [5.74, 6) is 0.528. The number of hydrogen-bond acceptors (Lipinski definition) is 3. The van der Waals surface area contributed by atoms with Crippen molar-refractivity contribution in [1.82, 2.24) is 9.97 Å². The molecule has 0 amide bonds. The molecule has 0 atom stereocenters. The van der Waals surface area contributed by atoms with Crippen LogP contribution in [-0.2, 0) is 5.88 Å². The van der Waals surface area contributed by atoms with Crippen LogP contribution in [0.25, 0.3) is 10.6 Å². The number of nitrogens with zero attached hydrogens (tertiary/aromatic N) is 2. The van der Waals surface area contributed by atoms with E-state index in [2.05, 4.69) is 9.97 Å². The van der Waals surface area contributed by atoms with E-state index < -0.39 is 0 Å². The van der Waals surface area contributed by atoms with E-state index in [0.717, 1.165) is 26.8 Å². The van der Waals surface area contributed by atoms with Crippen LogP contribution in [0.15, 0.2) is 18.3 Å². The Kier molecular flexibility index (Phi) is 3.03. The van der Waals surface area contributed by atoms with E-state index in [4.69, 9.17) is 11.6 Å². The molecule has 0 saturated carbocycles. The molecule has 15 heavy (non-hydrogen) atoms. The SMILES string of the molecule is Cc1cc(-c2ncc(CCl)s2)cc(C)n1. The van der Waals surface area contributed by atoms with Gasteiger partial charge in [-0.3, -0.25) is 4.98 Å². The monoisotopic (exact) mass is 238 g/mol. The maximum atomic E-state index is 5.75. The highest BCUT2D eigenvalue weighted by Gasteiger charge is 2.05. The first-order valence-electron chi connectivity index (χ1n) is 4.65. The molecule has 0 radical (unpaired) electrons. The molecule has 0 N–H and O–H groups in total. The topological polar surface area (TPSA) is 25.8 Å². The molecule has 0 fully saturated rings. The van der Waals surface area contributed by atoms with Crippen LogP contribution in [0.3, 0.4) is 0 Å². The van der Waals surface area contributed by atoms with Gasteiger partial charge in [0, 0.05) is 28.0 Å². The Morgan fingerprint density at radius 2 is 1.93 bits per heavy atom. The highest BCUT2D eigenvalue weighted by molar-refractivity contribution is 7.15. The second-order valence-corrected chi connectivity index (χ2v) is 4.79. The Bertz CT molecular complexity index is 459. The summed E-state index contributed by atoms with van der Waals surface area (Å²) in [5.41, 5.74) is 3.17. The predicted octanol–water partition coefficient (Wildman–Crippen LogP) is 3.56. The van der Waals surface area contributed by atoms with Crippen molar-refractivity contribution < 1.29 is 0 Å². The summed E-state index contributed by atoms with van der Waals surface area (Å²) in [7, 11) is 0. The third kappa shape index (κ3) is 2.36. The average molecular weight is 239 g/mol. The molecular weight excluding hydrogens is 228 g/mol. The molecule has 0 aliphatic heterocycles. The standard InChI is InChI=1S/C11H11ClN2S/c1-7-3-9(4-8(2)14-7)11-13-6-10(5-12)15-11/h3-4,6H,5H2,1-2H3. The zero-order chi connectivity index (χ0) is 10.8. The lowest BCUT2D eigenvalue weighted by atomic mass is 10.2. The minimum absolute atomic E-state index is 0.528. The van der Waals surface area contributed by atoms with Crippen molar-refractivity contribution in [2.75, 3.05) is 0 Å². The summed E-state index contributed by atoms with van der Waals surface area (Å²) < 4.78 is 0. The molecule has 0 bridgehead atoms. The molecule has 2 rings (SSSR count). The second kappa shape index (κ2) is 4.29. The number of halogens is 1. The Morgan fingerprint density at radius 3 is 2.47 bits per heavy atom. The minimum Gasteiger partial charge on any atom is -0.258 e. The van der Waals surface area contributed by atoms with Crippen molar-refractivity contribution >= 4 is 22.9 Å². The van der Waals surface area contributed by atoms with Gasteiger partial charge >= 0.3 is 0 Å². The zero-order valence-electron chi connectivity index (χ0n) is 8.62. The largest absolute Gasteiger partial charge is 0.258 e. The van der Waals surface area contributed by atoms with Crippen molar-refractivity contribution in [2.24, 2.45) is 0 Å². The fourth-order valence-electron chi connectivity index (χ4n) is 1.46. The van der Waals surface area contributed by atoms with Crippen LogP contribution in [0.2, 0.25) is 0 Å². The van der Waals surface area contributed by atoms with Gasteiger partial charge in [0.15, 0.2) is 0 Å². The highest BCUT2D eigenvalue weighted by atomic mass is 35.5. The van der Waals surface area contributed by atoms with Gasteiger partial charge in [-0.05, 0) is 26.0 Å². The zero-order valence-corrected chi connectivity index (χ0v) is 10.2. The molecule has 78 valence electrons. The quantitative estimate of drug-likeness (QED) is 0.748. The lowest BCUT2D eigenvalue weighted by Gasteiger charge is -2.00. The van der Waals surface area contributed by atoms with Gasteiger partial charge in [0.2, 0.25) is 0 Å². The summed E-state index contributed by atoms with van der Waals surface area (Å²) in [5, 5.41) is 1.01. The third-order valence-corrected chi connectivity index (χ3v) is 3.51. The van der Waals surface area contributed by atoms with Gasteiger partial charge in [-0.1, -0.05) is 0 Å². The van der Waals surface area contributed by atoms with E-state index >= 15 is 0 Å². The Labute approximate surface area is 98.0 Å². The molecule has 2 heterocycles. The van der Waals surface area contributed by atoms with Crippen LogP contribution in [0.5, 0.6) is 0 Å². The van der Waals surface area contributed by atoms with Crippen LogP contribution in [0, 0.1) is 13.8 Å². The predicted molar refractivity (Wildman–Crippen MR) is 64.4 cm³/mol. The smallest absolute Gasteiger partial charge is 0.123 e. The van der Waals surface area contributed by atoms with Gasteiger partial charge in [-0.15, -0.1) is 22.9 Å². The molecule has 2 aromatic heterocycles. The van der Waals surface area contributed by atoms with Crippen molar-refractivity contribution in [3.8, 4) is 10.6 Å².